The molecule has 0 spiro atoms. The molecule has 0 saturated carbocycles. The van der Waals surface area contributed by atoms with Crippen molar-refractivity contribution in [3.63, 3.8) is 0 Å². The fourth-order valence-electron chi connectivity index (χ4n) is 2.29. The smallest absolute Gasteiger partial charge is 0.186 e. The fourth-order valence-corrected chi connectivity index (χ4v) is 3.54. The van der Waals surface area contributed by atoms with Crippen LogP contribution in [0, 0.1) is 0 Å². The standard InChI is InChI=1S/C16H31N3OS/c1-6-9-14-15(12-17-10-11-20-5)21-16(18-14)19(8-3)13(4)7-2/h13,17H,6-12H2,1-5H3. The number of hydrogen-bond donors (Lipinski definition) is 1. The Kier molecular flexibility index (Phi) is 8.88. The summed E-state index contributed by atoms with van der Waals surface area (Å²) in [6.07, 6.45) is 3.36. The van der Waals surface area contributed by atoms with Crippen LogP contribution in [0.15, 0.2) is 0 Å². The second-order valence-electron chi connectivity index (χ2n) is 5.33. The van der Waals surface area contributed by atoms with Crippen molar-refractivity contribution in [2.75, 3.05) is 31.7 Å². The Morgan fingerprint density at radius 3 is 2.67 bits per heavy atom. The number of ether oxygens (including phenoxy) is 1. The Hall–Kier alpha value is -0.650. The van der Waals surface area contributed by atoms with Gasteiger partial charge in [-0.25, -0.2) is 4.98 Å². The molecule has 1 unspecified atom stereocenters. The van der Waals surface area contributed by atoms with Gasteiger partial charge in [0.25, 0.3) is 0 Å². The van der Waals surface area contributed by atoms with Gasteiger partial charge in [0.15, 0.2) is 5.13 Å². The first-order valence-corrected chi connectivity index (χ1v) is 8.94. The van der Waals surface area contributed by atoms with Crippen LogP contribution in [0.25, 0.3) is 0 Å². The average Bonchev–Trinajstić information content (AvgIpc) is 2.87. The van der Waals surface area contributed by atoms with Crippen molar-refractivity contribution >= 4 is 16.5 Å². The molecular weight excluding hydrogens is 282 g/mol. The second kappa shape index (κ2) is 10.1. The van der Waals surface area contributed by atoms with Crippen molar-refractivity contribution in [3.8, 4) is 0 Å². The average molecular weight is 314 g/mol. The molecule has 1 rings (SSSR count). The minimum atomic E-state index is 0.546. The number of anilines is 1. The van der Waals surface area contributed by atoms with E-state index in [4.69, 9.17) is 9.72 Å². The molecule has 1 aromatic rings. The predicted octanol–water partition coefficient (Wildman–Crippen LogP) is 3.46. The van der Waals surface area contributed by atoms with Gasteiger partial charge in [0.05, 0.1) is 12.3 Å². The van der Waals surface area contributed by atoms with Crippen LogP contribution in [-0.4, -0.2) is 37.8 Å². The van der Waals surface area contributed by atoms with Gasteiger partial charge in [-0.15, -0.1) is 11.3 Å². The van der Waals surface area contributed by atoms with E-state index in [2.05, 4.69) is 37.9 Å². The van der Waals surface area contributed by atoms with Gasteiger partial charge in [-0.2, -0.15) is 0 Å². The molecule has 0 saturated heterocycles. The molecule has 0 amide bonds. The number of rotatable bonds is 11. The molecule has 0 aliphatic heterocycles. The summed E-state index contributed by atoms with van der Waals surface area (Å²) in [5.41, 5.74) is 1.27. The highest BCUT2D eigenvalue weighted by atomic mass is 32.1. The first-order chi connectivity index (χ1) is 10.2. The van der Waals surface area contributed by atoms with Gasteiger partial charge >= 0.3 is 0 Å². The SMILES string of the molecule is CCCc1nc(N(CC)C(C)CC)sc1CNCCOC. The van der Waals surface area contributed by atoms with Gasteiger partial charge in [0.2, 0.25) is 0 Å². The van der Waals surface area contributed by atoms with Crippen molar-refractivity contribution in [1.82, 2.24) is 10.3 Å². The third-order valence-electron chi connectivity index (χ3n) is 3.73. The second-order valence-corrected chi connectivity index (χ2v) is 6.39. The van der Waals surface area contributed by atoms with E-state index in [1.54, 1.807) is 7.11 Å². The maximum atomic E-state index is 5.08. The largest absolute Gasteiger partial charge is 0.383 e. The minimum absolute atomic E-state index is 0.546. The Morgan fingerprint density at radius 1 is 1.33 bits per heavy atom. The van der Waals surface area contributed by atoms with Crippen molar-refractivity contribution < 1.29 is 4.74 Å². The third-order valence-corrected chi connectivity index (χ3v) is 4.87. The normalized spacial score (nSPS) is 12.6. The summed E-state index contributed by atoms with van der Waals surface area (Å²) in [7, 11) is 1.74. The molecule has 21 heavy (non-hydrogen) atoms. The first kappa shape index (κ1) is 18.4. The molecule has 0 aromatic carbocycles. The summed E-state index contributed by atoms with van der Waals surface area (Å²) in [5, 5.41) is 4.62. The van der Waals surface area contributed by atoms with E-state index in [0.29, 0.717) is 6.04 Å². The molecule has 1 heterocycles. The van der Waals surface area contributed by atoms with E-state index < -0.39 is 0 Å². The summed E-state index contributed by atoms with van der Waals surface area (Å²) < 4.78 is 5.08. The van der Waals surface area contributed by atoms with Crippen LogP contribution in [0.5, 0.6) is 0 Å². The van der Waals surface area contributed by atoms with Crippen molar-refractivity contribution in [2.45, 2.75) is 59.5 Å². The highest BCUT2D eigenvalue weighted by Crippen LogP contribution is 2.29. The number of aryl methyl sites for hydroxylation is 1. The number of nitrogens with one attached hydrogen (secondary N) is 1. The summed E-state index contributed by atoms with van der Waals surface area (Å²) in [6, 6.07) is 0.546. The van der Waals surface area contributed by atoms with Crippen molar-refractivity contribution in [1.29, 1.82) is 0 Å². The van der Waals surface area contributed by atoms with E-state index in [1.807, 2.05) is 11.3 Å². The Labute approximate surface area is 133 Å². The fraction of sp³-hybridized carbons (Fsp3) is 0.812. The van der Waals surface area contributed by atoms with Crippen LogP contribution in [0.1, 0.15) is 51.1 Å². The van der Waals surface area contributed by atoms with Crippen LogP contribution in [0.4, 0.5) is 5.13 Å². The maximum Gasteiger partial charge on any atom is 0.186 e. The number of methoxy groups -OCH3 is 1. The number of thiazole rings is 1. The molecule has 0 radical (unpaired) electrons. The van der Waals surface area contributed by atoms with E-state index in [0.717, 1.165) is 45.5 Å². The van der Waals surface area contributed by atoms with Gasteiger partial charge in [-0.05, 0) is 26.7 Å². The summed E-state index contributed by atoms with van der Waals surface area (Å²) in [6.45, 7) is 12.5. The van der Waals surface area contributed by atoms with Gasteiger partial charge in [-0.3, -0.25) is 0 Å². The van der Waals surface area contributed by atoms with E-state index in [-0.39, 0.29) is 0 Å². The van der Waals surface area contributed by atoms with Crippen LogP contribution in [-0.2, 0) is 17.7 Å². The molecule has 0 aliphatic carbocycles. The van der Waals surface area contributed by atoms with Crippen LogP contribution in [0.2, 0.25) is 0 Å². The molecule has 0 aliphatic rings. The van der Waals surface area contributed by atoms with E-state index >= 15 is 0 Å². The summed E-state index contributed by atoms with van der Waals surface area (Å²) >= 11 is 1.85. The Bertz CT molecular complexity index is 395. The molecule has 1 aromatic heterocycles. The zero-order valence-corrected chi connectivity index (χ0v) is 15.1. The zero-order valence-electron chi connectivity index (χ0n) is 14.2. The Balaban J connectivity index is 2.81. The van der Waals surface area contributed by atoms with Crippen molar-refractivity contribution in [2.24, 2.45) is 0 Å². The Morgan fingerprint density at radius 2 is 2.10 bits per heavy atom. The molecule has 0 fully saturated rings. The lowest BCUT2D eigenvalue weighted by Crippen LogP contribution is -2.32. The quantitative estimate of drug-likeness (QED) is 0.635. The van der Waals surface area contributed by atoms with Gasteiger partial charge in [-0.1, -0.05) is 20.3 Å². The van der Waals surface area contributed by atoms with Gasteiger partial charge in [0, 0.05) is 37.7 Å². The minimum Gasteiger partial charge on any atom is -0.383 e. The lowest BCUT2D eigenvalue weighted by atomic mass is 10.2. The predicted molar refractivity (Wildman–Crippen MR) is 92.5 cm³/mol. The molecule has 1 atom stereocenters. The highest BCUT2D eigenvalue weighted by Gasteiger charge is 2.18. The van der Waals surface area contributed by atoms with E-state index in [9.17, 15) is 0 Å². The van der Waals surface area contributed by atoms with Crippen molar-refractivity contribution in [3.05, 3.63) is 10.6 Å². The van der Waals surface area contributed by atoms with Crippen LogP contribution < -0.4 is 10.2 Å². The first-order valence-electron chi connectivity index (χ1n) is 8.12. The van der Waals surface area contributed by atoms with Crippen LogP contribution in [0.3, 0.4) is 0 Å². The third kappa shape index (κ3) is 5.57. The molecule has 122 valence electrons. The number of nitrogens with zero attached hydrogens (tertiary/aromatic N) is 2. The highest BCUT2D eigenvalue weighted by molar-refractivity contribution is 7.15. The lowest BCUT2D eigenvalue weighted by Gasteiger charge is -2.26. The van der Waals surface area contributed by atoms with Crippen LogP contribution >= 0.6 is 11.3 Å². The van der Waals surface area contributed by atoms with Gasteiger partial charge in [0.1, 0.15) is 0 Å². The van der Waals surface area contributed by atoms with E-state index in [1.165, 1.54) is 15.7 Å². The molecule has 4 nitrogen and oxygen atoms in total. The zero-order chi connectivity index (χ0) is 15.7. The number of hydrogen-bond acceptors (Lipinski definition) is 5. The molecule has 0 bridgehead atoms. The summed E-state index contributed by atoms with van der Waals surface area (Å²) in [5.74, 6) is 0. The topological polar surface area (TPSA) is 37.4 Å². The summed E-state index contributed by atoms with van der Waals surface area (Å²) in [4.78, 5) is 8.71. The molecule has 1 N–H and O–H groups in total. The maximum absolute atomic E-state index is 5.08. The molecule has 5 heteroatoms. The lowest BCUT2D eigenvalue weighted by molar-refractivity contribution is 0.199. The number of aromatic nitrogens is 1. The monoisotopic (exact) mass is 313 g/mol. The van der Waals surface area contributed by atoms with Gasteiger partial charge < -0.3 is 15.0 Å². The molecular formula is C16H31N3OS.